The Balaban J connectivity index is 1.58. The molecule has 1 aliphatic rings. The first kappa shape index (κ1) is 18.3. The van der Waals surface area contributed by atoms with E-state index in [0.717, 1.165) is 52.2 Å². The number of rotatable bonds is 5. The van der Waals surface area contributed by atoms with Gasteiger partial charge in [-0.2, -0.15) is 4.98 Å². The van der Waals surface area contributed by atoms with Crippen molar-refractivity contribution >= 4 is 23.4 Å². The monoisotopic (exact) mass is 396 g/mol. The third-order valence-corrected chi connectivity index (χ3v) is 5.81. The molecule has 3 aromatic rings. The zero-order valence-electron chi connectivity index (χ0n) is 15.2. The normalized spacial score (nSPS) is 13.3. The average Bonchev–Trinajstić information content (AvgIpc) is 2.69. The van der Waals surface area contributed by atoms with E-state index in [1.54, 1.807) is 11.8 Å². The first-order valence-electron chi connectivity index (χ1n) is 9.19. The molecule has 0 amide bonds. The van der Waals surface area contributed by atoms with E-state index in [9.17, 15) is 0 Å². The van der Waals surface area contributed by atoms with Gasteiger partial charge in [0, 0.05) is 16.3 Å². The number of nitrogens with zero attached hydrogens (tertiary/aromatic N) is 2. The van der Waals surface area contributed by atoms with Gasteiger partial charge in [-0.15, -0.1) is 0 Å². The fourth-order valence-electron chi connectivity index (χ4n) is 3.13. The lowest BCUT2D eigenvalue weighted by atomic mass is 9.97. The lowest BCUT2D eigenvalue weighted by Gasteiger charge is -2.19. The molecular formula is C22H21ClN2OS. The van der Waals surface area contributed by atoms with Gasteiger partial charge in [-0.25, -0.2) is 4.98 Å². The number of ether oxygens (including phenoxy) is 1. The van der Waals surface area contributed by atoms with Gasteiger partial charge in [0.25, 0.3) is 0 Å². The van der Waals surface area contributed by atoms with Crippen molar-refractivity contribution in [3.05, 3.63) is 75.9 Å². The lowest BCUT2D eigenvalue weighted by molar-refractivity contribution is 0.439. The molecule has 3 nitrogen and oxygen atoms in total. The Morgan fingerprint density at radius 2 is 1.70 bits per heavy atom. The Labute approximate surface area is 169 Å². The maximum Gasteiger partial charge on any atom is 0.226 e. The van der Waals surface area contributed by atoms with Crippen LogP contribution in [0.15, 0.2) is 53.7 Å². The van der Waals surface area contributed by atoms with E-state index in [1.165, 1.54) is 17.5 Å². The number of hydrogen-bond acceptors (Lipinski definition) is 4. The molecule has 0 saturated carbocycles. The van der Waals surface area contributed by atoms with Crippen LogP contribution in [0.25, 0.3) is 0 Å². The maximum absolute atomic E-state index is 6.16. The number of fused-ring (bicyclic) bond motifs is 1. The van der Waals surface area contributed by atoms with Gasteiger partial charge in [0.2, 0.25) is 5.88 Å². The van der Waals surface area contributed by atoms with E-state index < -0.39 is 0 Å². The van der Waals surface area contributed by atoms with Gasteiger partial charge in [0.15, 0.2) is 5.16 Å². The molecule has 0 aliphatic heterocycles. The Morgan fingerprint density at radius 3 is 2.48 bits per heavy atom. The SMILES string of the molecule is Cc1ccc(Oc2nc(SCc3ccc(Cl)cc3)nc3c2CCCC3)cc1. The first-order chi connectivity index (χ1) is 13.2. The summed E-state index contributed by atoms with van der Waals surface area (Å²) in [4.78, 5) is 9.55. The van der Waals surface area contributed by atoms with Gasteiger partial charge >= 0.3 is 0 Å². The van der Waals surface area contributed by atoms with Crippen LogP contribution in [0.4, 0.5) is 0 Å². The highest BCUT2D eigenvalue weighted by molar-refractivity contribution is 7.98. The minimum atomic E-state index is 0.710. The largest absolute Gasteiger partial charge is 0.439 e. The van der Waals surface area contributed by atoms with Gasteiger partial charge in [-0.05, 0) is 62.4 Å². The summed E-state index contributed by atoms with van der Waals surface area (Å²) in [5.74, 6) is 2.34. The lowest BCUT2D eigenvalue weighted by Crippen LogP contribution is -2.10. The van der Waals surface area contributed by atoms with Crippen LogP contribution in [0.5, 0.6) is 11.6 Å². The van der Waals surface area contributed by atoms with Crippen LogP contribution in [-0.4, -0.2) is 9.97 Å². The molecule has 27 heavy (non-hydrogen) atoms. The Morgan fingerprint density at radius 1 is 0.963 bits per heavy atom. The number of hydrogen-bond donors (Lipinski definition) is 0. The van der Waals surface area contributed by atoms with E-state index >= 15 is 0 Å². The Bertz CT molecular complexity index is 926. The molecule has 0 unspecified atom stereocenters. The van der Waals surface area contributed by atoms with Crippen LogP contribution < -0.4 is 4.74 Å². The molecule has 1 aliphatic carbocycles. The molecule has 5 heteroatoms. The average molecular weight is 397 g/mol. The summed E-state index contributed by atoms with van der Waals surface area (Å²) in [5, 5.41) is 1.52. The molecule has 138 valence electrons. The molecule has 2 aromatic carbocycles. The van der Waals surface area contributed by atoms with Crippen LogP contribution in [0.1, 0.15) is 35.2 Å². The molecule has 0 spiro atoms. The summed E-state index contributed by atoms with van der Waals surface area (Å²) in [7, 11) is 0. The van der Waals surface area contributed by atoms with Crippen molar-refractivity contribution in [2.75, 3.05) is 0 Å². The maximum atomic E-state index is 6.16. The molecule has 1 aromatic heterocycles. The summed E-state index contributed by atoms with van der Waals surface area (Å²) in [6.45, 7) is 2.07. The minimum absolute atomic E-state index is 0.710. The standard InChI is InChI=1S/C22H21ClN2OS/c1-15-6-12-18(13-7-15)26-21-19-4-2-3-5-20(19)24-22(25-21)27-14-16-8-10-17(23)11-9-16/h6-13H,2-5,14H2,1H3. The summed E-state index contributed by atoms with van der Waals surface area (Å²) in [5.41, 5.74) is 4.72. The topological polar surface area (TPSA) is 35.0 Å². The van der Waals surface area contributed by atoms with Crippen LogP contribution in [-0.2, 0) is 18.6 Å². The van der Waals surface area contributed by atoms with Crippen molar-refractivity contribution in [2.45, 2.75) is 43.5 Å². The molecule has 0 fully saturated rings. The highest BCUT2D eigenvalue weighted by Crippen LogP contribution is 2.33. The fourth-order valence-corrected chi connectivity index (χ4v) is 4.07. The van der Waals surface area contributed by atoms with Crippen molar-refractivity contribution in [3.8, 4) is 11.6 Å². The van der Waals surface area contributed by atoms with E-state index in [-0.39, 0.29) is 0 Å². The van der Waals surface area contributed by atoms with Gasteiger partial charge in [-0.1, -0.05) is 53.2 Å². The van der Waals surface area contributed by atoms with Gasteiger partial charge in [0.1, 0.15) is 5.75 Å². The summed E-state index contributed by atoms with van der Waals surface area (Å²) in [6, 6.07) is 16.0. The number of thioether (sulfide) groups is 1. The van der Waals surface area contributed by atoms with Crippen LogP contribution >= 0.6 is 23.4 Å². The molecule has 0 saturated heterocycles. The van der Waals surface area contributed by atoms with Crippen molar-refractivity contribution in [3.63, 3.8) is 0 Å². The van der Waals surface area contributed by atoms with E-state index in [2.05, 4.69) is 19.1 Å². The number of benzene rings is 2. The van der Waals surface area contributed by atoms with Crippen molar-refractivity contribution in [2.24, 2.45) is 0 Å². The minimum Gasteiger partial charge on any atom is -0.439 e. The van der Waals surface area contributed by atoms with Crippen molar-refractivity contribution in [1.82, 2.24) is 9.97 Å². The quantitative estimate of drug-likeness (QED) is 0.369. The van der Waals surface area contributed by atoms with Gasteiger partial charge in [0.05, 0.1) is 5.69 Å². The first-order valence-corrected chi connectivity index (χ1v) is 10.6. The number of aromatic nitrogens is 2. The fraction of sp³-hybridized carbons (Fsp3) is 0.273. The van der Waals surface area contributed by atoms with Crippen LogP contribution in [0, 0.1) is 6.92 Å². The second-order valence-corrected chi connectivity index (χ2v) is 8.15. The zero-order valence-corrected chi connectivity index (χ0v) is 16.8. The Hall–Kier alpha value is -2.04. The predicted octanol–water partition coefficient (Wildman–Crippen LogP) is 6.40. The van der Waals surface area contributed by atoms with Gasteiger partial charge < -0.3 is 4.74 Å². The second-order valence-electron chi connectivity index (χ2n) is 6.77. The molecule has 0 bridgehead atoms. The molecule has 4 rings (SSSR count). The molecule has 0 atom stereocenters. The third-order valence-electron chi connectivity index (χ3n) is 4.64. The van der Waals surface area contributed by atoms with Crippen LogP contribution in [0.2, 0.25) is 5.02 Å². The predicted molar refractivity (Wildman–Crippen MR) is 111 cm³/mol. The number of halogens is 1. The molecule has 0 N–H and O–H groups in total. The summed E-state index contributed by atoms with van der Waals surface area (Å²) < 4.78 is 6.16. The Kier molecular flexibility index (Phi) is 5.65. The number of aryl methyl sites for hydroxylation is 2. The molecule has 0 radical (unpaired) electrons. The zero-order chi connectivity index (χ0) is 18.6. The molecular weight excluding hydrogens is 376 g/mol. The van der Waals surface area contributed by atoms with Gasteiger partial charge in [-0.3, -0.25) is 0 Å². The molecule has 1 heterocycles. The van der Waals surface area contributed by atoms with E-state index in [0.29, 0.717) is 5.88 Å². The van der Waals surface area contributed by atoms with E-state index in [1.807, 2.05) is 36.4 Å². The highest BCUT2D eigenvalue weighted by atomic mass is 35.5. The van der Waals surface area contributed by atoms with E-state index in [4.69, 9.17) is 26.3 Å². The summed E-state index contributed by atoms with van der Waals surface area (Å²) >= 11 is 7.60. The second kappa shape index (κ2) is 8.32. The van der Waals surface area contributed by atoms with Crippen LogP contribution in [0.3, 0.4) is 0 Å². The van der Waals surface area contributed by atoms with Crippen molar-refractivity contribution in [1.29, 1.82) is 0 Å². The third kappa shape index (κ3) is 4.63. The highest BCUT2D eigenvalue weighted by Gasteiger charge is 2.19. The smallest absolute Gasteiger partial charge is 0.226 e. The van der Waals surface area contributed by atoms with Crippen molar-refractivity contribution < 1.29 is 4.74 Å². The summed E-state index contributed by atoms with van der Waals surface area (Å²) in [6.07, 6.45) is 4.32.